The average molecular weight is 338 g/mol. The van der Waals surface area contributed by atoms with Crippen LogP contribution in [-0.2, 0) is 11.4 Å². The van der Waals surface area contributed by atoms with Crippen LogP contribution in [0.25, 0.3) is 0 Å². The van der Waals surface area contributed by atoms with E-state index < -0.39 is 6.04 Å². The molecule has 0 fully saturated rings. The molecule has 1 N–H and O–H groups in total. The number of carbonyl (C=O) groups is 1. The third-order valence-corrected chi connectivity index (χ3v) is 3.70. The van der Waals surface area contributed by atoms with Crippen molar-refractivity contribution in [1.29, 1.82) is 0 Å². The molecule has 0 unspecified atom stereocenters. The largest absolute Gasteiger partial charge is 0.489 e. The van der Waals surface area contributed by atoms with Gasteiger partial charge < -0.3 is 14.6 Å². The van der Waals surface area contributed by atoms with Crippen LogP contribution in [0.1, 0.15) is 18.5 Å². The highest BCUT2D eigenvalue weighted by molar-refractivity contribution is 5.93. The van der Waals surface area contributed by atoms with Crippen molar-refractivity contribution in [1.82, 2.24) is 4.74 Å². The Morgan fingerprint density at radius 1 is 1.12 bits per heavy atom. The van der Waals surface area contributed by atoms with E-state index in [1.807, 2.05) is 30.3 Å². The lowest BCUT2D eigenvalue weighted by Gasteiger charge is -2.12. The van der Waals surface area contributed by atoms with Crippen LogP contribution in [0.15, 0.2) is 76.2 Å². The summed E-state index contributed by atoms with van der Waals surface area (Å²) in [6, 6.07) is 17.4. The van der Waals surface area contributed by atoms with Gasteiger partial charge in [0.25, 0.3) is 11.5 Å². The van der Waals surface area contributed by atoms with E-state index in [-0.39, 0.29) is 11.5 Å². The van der Waals surface area contributed by atoms with E-state index in [1.54, 1.807) is 31.2 Å². The van der Waals surface area contributed by atoms with Gasteiger partial charge in [-0.05, 0) is 36.8 Å². The smallest absolute Gasteiger partial charge is 0.283 e. The Morgan fingerprint density at radius 3 is 2.48 bits per heavy atom. The van der Waals surface area contributed by atoms with Crippen molar-refractivity contribution in [2.24, 2.45) is 0 Å². The van der Waals surface area contributed by atoms with Gasteiger partial charge in [-0.3, -0.25) is 9.59 Å². The molecular weight excluding hydrogens is 320 g/mol. The van der Waals surface area contributed by atoms with Gasteiger partial charge in [0, 0.05) is 11.8 Å². The molecule has 0 aliphatic carbocycles. The number of ether oxygens (including phenoxy) is 1. The molecule has 1 heterocycles. The Kier molecular flexibility index (Phi) is 4.99. The van der Waals surface area contributed by atoms with Crippen LogP contribution in [0.5, 0.6) is 5.75 Å². The van der Waals surface area contributed by atoms with Gasteiger partial charge in [0.05, 0.1) is 0 Å². The van der Waals surface area contributed by atoms with Gasteiger partial charge in [0.1, 0.15) is 24.7 Å². The fourth-order valence-corrected chi connectivity index (χ4v) is 2.29. The Morgan fingerprint density at radius 2 is 1.84 bits per heavy atom. The molecule has 0 aliphatic heterocycles. The second-order valence-corrected chi connectivity index (χ2v) is 5.54. The van der Waals surface area contributed by atoms with Crippen molar-refractivity contribution < 1.29 is 14.1 Å². The molecule has 6 heteroatoms. The fraction of sp³-hybridized carbons (Fsp3) is 0.158. The topological polar surface area (TPSA) is 73.5 Å². The van der Waals surface area contributed by atoms with Gasteiger partial charge in [-0.25, -0.2) is 0 Å². The Balaban J connectivity index is 1.58. The van der Waals surface area contributed by atoms with Crippen molar-refractivity contribution in [3.8, 4) is 5.75 Å². The predicted molar refractivity (Wildman–Crippen MR) is 93.5 cm³/mol. The van der Waals surface area contributed by atoms with Crippen LogP contribution < -0.4 is 15.6 Å². The first-order valence-electron chi connectivity index (χ1n) is 7.87. The summed E-state index contributed by atoms with van der Waals surface area (Å²) >= 11 is 0. The lowest BCUT2D eigenvalue weighted by atomic mass is 10.2. The molecule has 1 amide bonds. The molecule has 1 atom stereocenters. The van der Waals surface area contributed by atoms with E-state index in [0.29, 0.717) is 18.0 Å². The zero-order valence-electron chi connectivity index (χ0n) is 13.7. The van der Waals surface area contributed by atoms with Gasteiger partial charge >= 0.3 is 0 Å². The standard InChI is InChI=1S/C19H18N2O4/c1-14(21-18(22)11-12-25-21)19(23)20-16-7-9-17(10-8-16)24-13-15-5-3-2-4-6-15/h2-12,14H,13H2,1H3,(H,20,23)/t14-/m1/s1. The van der Waals surface area contributed by atoms with Crippen molar-refractivity contribution >= 4 is 11.6 Å². The van der Waals surface area contributed by atoms with Gasteiger partial charge in [-0.15, -0.1) is 0 Å². The zero-order chi connectivity index (χ0) is 17.6. The summed E-state index contributed by atoms with van der Waals surface area (Å²) in [6.07, 6.45) is 1.25. The lowest BCUT2D eigenvalue weighted by Crippen LogP contribution is -2.28. The van der Waals surface area contributed by atoms with Crippen molar-refractivity contribution in [2.75, 3.05) is 5.32 Å². The quantitative estimate of drug-likeness (QED) is 0.749. The number of nitrogens with one attached hydrogen (secondary N) is 1. The molecule has 1 aromatic heterocycles. The zero-order valence-corrected chi connectivity index (χ0v) is 13.7. The summed E-state index contributed by atoms with van der Waals surface area (Å²) in [5.41, 5.74) is 1.34. The molecule has 0 bridgehead atoms. The maximum absolute atomic E-state index is 12.2. The first-order chi connectivity index (χ1) is 12.1. The number of aromatic nitrogens is 1. The maximum atomic E-state index is 12.2. The molecule has 3 aromatic rings. The van der Waals surface area contributed by atoms with Gasteiger partial charge in [0.2, 0.25) is 0 Å². The molecule has 6 nitrogen and oxygen atoms in total. The highest BCUT2D eigenvalue weighted by Crippen LogP contribution is 2.18. The first kappa shape index (κ1) is 16.6. The van der Waals surface area contributed by atoms with Crippen LogP contribution in [0.4, 0.5) is 5.69 Å². The molecule has 128 valence electrons. The summed E-state index contributed by atoms with van der Waals surface area (Å²) in [7, 11) is 0. The molecule has 3 rings (SSSR count). The molecular formula is C19H18N2O4. The second kappa shape index (κ2) is 7.53. The minimum Gasteiger partial charge on any atom is -0.489 e. The number of carbonyl (C=O) groups excluding carboxylic acids is 1. The Hall–Kier alpha value is -3.28. The molecule has 0 spiro atoms. The van der Waals surface area contributed by atoms with E-state index in [9.17, 15) is 9.59 Å². The van der Waals surface area contributed by atoms with Gasteiger partial charge in [-0.2, -0.15) is 4.74 Å². The summed E-state index contributed by atoms with van der Waals surface area (Å²) in [5.74, 6) is 0.368. The third-order valence-electron chi connectivity index (χ3n) is 3.70. The number of amides is 1. The number of benzene rings is 2. The van der Waals surface area contributed by atoms with E-state index in [2.05, 4.69) is 5.32 Å². The minimum absolute atomic E-state index is 0.338. The predicted octanol–water partition coefficient (Wildman–Crippen LogP) is 3.22. The van der Waals surface area contributed by atoms with Crippen LogP contribution in [-0.4, -0.2) is 10.6 Å². The number of rotatable bonds is 6. The van der Waals surface area contributed by atoms with E-state index in [4.69, 9.17) is 9.26 Å². The number of anilines is 1. The van der Waals surface area contributed by atoms with Gasteiger partial charge in [-0.1, -0.05) is 30.3 Å². The van der Waals surface area contributed by atoms with Crippen molar-refractivity contribution in [3.63, 3.8) is 0 Å². The Labute approximate surface area is 144 Å². The van der Waals surface area contributed by atoms with E-state index in [0.717, 1.165) is 10.3 Å². The first-order valence-corrected chi connectivity index (χ1v) is 7.87. The molecule has 0 radical (unpaired) electrons. The van der Waals surface area contributed by atoms with Crippen LogP contribution in [0.3, 0.4) is 0 Å². The maximum Gasteiger partial charge on any atom is 0.283 e. The minimum atomic E-state index is -0.739. The highest BCUT2D eigenvalue weighted by Gasteiger charge is 2.18. The van der Waals surface area contributed by atoms with Crippen LogP contribution >= 0.6 is 0 Å². The second-order valence-electron chi connectivity index (χ2n) is 5.54. The van der Waals surface area contributed by atoms with Gasteiger partial charge in [0.15, 0.2) is 0 Å². The summed E-state index contributed by atoms with van der Waals surface area (Å²) < 4.78 is 11.7. The summed E-state index contributed by atoms with van der Waals surface area (Å²) in [4.78, 5) is 23.7. The summed E-state index contributed by atoms with van der Waals surface area (Å²) in [6.45, 7) is 2.07. The fourth-order valence-electron chi connectivity index (χ4n) is 2.29. The van der Waals surface area contributed by atoms with Crippen LogP contribution in [0.2, 0.25) is 0 Å². The molecule has 0 aliphatic rings. The monoisotopic (exact) mass is 338 g/mol. The van der Waals surface area contributed by atoms with Crippen molar-refractivity contribution in [3.05, 3.63) is 82.8 Å². The number of hydrogen-bond donors (Lipinski definition) is 1. The summed E-state index contributed by atoms with van der Waals surface area (Å²) in [5, 5.41) is 2.74. The molecule has 0 saturated carbocycles. The third kappa shape index (κ3) is 4.17. The van der Waals surface area contributed by atoms with E-state index >= 15 is 0 Å². The average Bonchev–Trinajstić information content (AvgIpc) is 3.07. The molecule has 25 heavy (non-hydrogen) atoms. The van der Waals surface area contributed by atoms with Crippen LogP contribution in [0, 0.1) is 0 Å². The SMILES string of the molecule is C[C@H](C(=O)Nc1ccc(OCc2ccccc2)cc1)n1occc1=O. The van der Waals surface area contributed by atoms with E-state index in [1.165, 1.54) is 12.3 Å². The number of nitrogens with zero attached hydrogens (tertiary/aromatic N) is 1. The molecule has 2 aromatic carbocycles. The lowest BCUT2D eigenvalue weighted by molar-refractivity contribution is -0.120. The highest BCUT2D eigenvalue weighted by atomic mass is 16.5. The normalized spacial score (nSPS) is 11.7. The number of hydrogen-bond acceptors (Lipinski definition) is 4. The Bertz CT molecular complexity index is 882. The molecule has 0 saturated heterocycles. The van der Waals surface area contributed by atoms with Crippen molar-refractivity contribution in [2.45, 2.75) is 19.6 Å².